The van der Waals surface area contributed by atoms with Crippen LogP contribution in [-0.2, 0) is 16.6 Å². The number of ether oxygens (including phenoxy) is 1. The number of carbonyl (C=O) groups is 1. The van der Waals surface area contributed by atoms with Crippen molar-refractivity contribution in [3.8, 4) is 5.75 Å². The first-order chi connectivity index (χ1) is 10.7. The molecule has 0 bridgehead atoms. The molecule has 1 saturated carbocycles. The van der Waals surface area contributed by atoms with Crippen molar-refractivity contribution in [1.82, 2.24) is 4.98 Å². The smallest absolute Gasteiger partial charge is 0.236 e. The molecule has 1 aromatic heterocycles. The molecule has 3 rings (SSSR count). The van der Waals surface area contributed by atoms with E-state index < -0.39 is 5.41 Å². The van der Waals surface area contributed by atoms with Crippen molar-refractivity contribution in [2.45, 2.75) is 31.6 Å². The predicted octanol–water partition coefficient (Wildman–Crippen LogP) is 3.57. The molecule has 0 unspecified atom stereocenters. The van der Waals surface area contributed by atoms with Crippen LogP contribution in [0.1, 0.15) is 32.4 Å². The van der Waals surface area contributed by atoms with Crippen molar-refractivity contribution < 1.29 is 11.0 Å². The summed E-state index contributed by atoms with van der Waals surface area (Å²) in [5.74, 6) is 1.46. The number of rotatable bonds is 5. The lowest BCUT2D eigenvalue weighted by Crippen LogP contribution is -2.28. The van der Waals surface area contributed by atoms with Gasteiger partial charge < -0.3 is 10.1 Å². The Hall–Kier alpha value is -2.36. The third kappa shape index (κ3) is 2.69. The van der Waals surface area contributed by atoms with Crippen molar-refractivity contribution in [2.24, 2.45) is 0 Å². The highest BCUT2D eigenvalue weighted by molar-refractivity contribution is 6.00. The number of nitrogens with one attached hydrogen (secondary N) is 1. The third-order valence-corrected chi connectivity index (χ3v) is 4.24. The van der Waals surface area contributed by atoms with Crippen LogP contribution in [0.25, 0.3) is 0 Å². The molecule has 1 aliphatic carbocycles. The molecule has 22 heavy (non-hydrogen) atoms. The number of methoxy groups -OCH3 is 1. The summed E-state index contributed by atoms with van der Waals surface area (Å²) in [5, 5.41) is 2.97. The second-order valence-corrected chi connectivity index (χ2v) is 5.63. The number of hydrogen-bond acceptors (Lipinski definition) is 3. The molecular formula is C18H22N2O2. The van der Waals surface area contributed by atoms with Gasteiger partial charge in [-0.25, -0.2) is 4.98 Å². The fraction of sp³-hybridized carbons (Fsp3) is 0.333. The van der Waals surface area contributed by atoms with E-state index in [0.29, 0.717) is 5.82 Å². The standard InChI is InChI=1S/C18H20N2O2.H2/c1-3-14-5-4-6-16(19-14)20-17(21)18(11-12-18)13-7-9-15(22-2)10-8-13;/h4-10H,3,11-12H2,1-2H3,(H,19,20,21);1H. The van der Waals surface area contributed by atoms with Gasteiger partial charge in [0.25, 0.3) is 0 Å². The summed E-state index contributed by atoms with van der Waals surface area (Å²) in [6.07, 6.45) is 2.60. The maximum Gasteiger partial charge on any atom is 0.236 e. The largest absolute Gasteiger partial charge is 0.497 e. The highest BCUT2D eigenvalue weighted by Gasteiger charge is 2.51. The quantitative estimate of drug-likeness (QED) is 0.918. The third-order valence-electron chi connectivity index (χ3n) is 4.24. The summed E-state index contributed by atoms with van der Waals surface area (Å²) >= 11 is 0. The van der Waals surface area contributed by atoms with E-state index in [1.54, 1.807) is 7.11 Å². The maximum atomic E-state index is 12.7. The van der Waals surface area contributed by atoms with Gasteiger partial charge in [0, 0.05) is 7.12 Å². The molecule has 0 aliphatic heterocycles. The second kappa shape index (κ2) is 5.79. The first kappa shape index (κ1) is 14.6. The molecule has 1 amide bonds. The Bertz CT molecular complexity index is 682. The van der Waals surface area contributed by atoms with Crippen LogP contribution >= 0.6 is 0 Å². The van der Waals surface area contributed by atoms with Crippen molar-refractivity contribution in [3.63, 3.8) is 0 Å². The number of nitrogens with zero attached hydrogens (tertiary/aromatic N) is 1. The van der Waals surface area contributed by atoms with E-state index in [-0.39, 0.29) is 7.33 Å². The van der Waals surface area contributed by atoms with Crippen LogP contribution in [0.2, 0.25) is 0 Å². The maximum absolute atomic E-state index is 12.7. The molecular weight excluding hydrogens is 276 g/mol. The first-order valence-corrected chi connectivity index (χ1v) is 7.60. The lowest BCUT2D eigenvalue weighted by atomic mass is 9.95. The lowest BCUT2D eigenvalue weighted by molar-refractivity contribution is -0.118. The summed E-state index contributed by atoms with van der Waals surface area (Å²) in [4.78, 5) is 17.1. The Morgan fingerprint density at radius 1 is 1.27 bits per heavy atom. The van der Waals surface area contributed by atoms with Crippen LogP contribution in [0.15, 0.2) is 42.5 Å². The highest BCUT2D eigenvalue weighted by atomic mass is 16.5. The molecule has 4 heteroatoms. The number of anilines is 1. The van der Waals surface area contributed by atoms with Crippen LogP contribution in [0.3, 0.4) is 0 Å². The zero-order valence-electron chi connectivity index (χ0n) is 12.9. The fourth-order valence-corrected chi connectivity index (χ4v) is 2.66. The summed E-state index contributed by atoms with van der Waals surface area (Å²) in [6, 6.07) is 13.5. The molecule has 1 fully saturated rings. The van der Waals surface area contributed by atoms with Crippen molar-refractivity contribution in [1.29, 1.82) is 0 Å². The minimum atomic E-state index is -0.407. The van der Waals surface area contributed by atoms with Gasteiger partial charge in [0.15, 0.2) is 0 Å². The van der Waals surface area contributed by atoms with E-state index in [1.165, 1.54) is 0 Å². The van der Waals surface area contributed by atoms with Crippen LogP contribution in [-0.4, -0.2) is 18.0 Å². The van der Waals surface area contributed by atoms with E-state index >= 15 is 0 Å². The number of carbonyl (C=O) groups excluding carboxylic acids is 1. The lowest BCUT2D eigenvalue weighted by Gasteiger charge is -2.16. The summed E-state index contributed by atoms with van der Waals surface area (Å²) in [7, 11) is 1.64. The Labute approximate surface area is 132 Å². The Morgan fingerprint density at radius 2 is 2.00 bits per heavy atom. The molecule has 0 atom stereocenters. The molecule has 2 aromatic rings. The second-order valence-electron chi connectivity index (χ2n) is 5.63. The van der Waals surface area contributed by atoms with Crippen LogP contribution in [0.5, 0.6) is 5.75 Å². The molecule has 1 aliphatic rings. The molecule has 1 aromatic carbocycles. The van der Waals surface area contributed by atoms with Gasteiger partial charge in [0.1, 0.15) is 11.6 Å². The van der Waals surface area contributed by atoms with E-state index in [1.807, 2.05) is 49.4 Å². The average Bonchev–Trinajstić information content (AvgIpc) is 3.37. The first-order valence-electron chi connectivity index (χ1n) is 7.60. The summed E-state index contributed by atoms with van der Waals surface area (Å²) in [5.41, 5.74) is 1.61. The molecule has 1 N–H and O–H groups in total. The number of hydrogen-bond donors (Lipinski definition) is 1. The van der Waals surface area contributed by atoms with Gasteiger partial charge in [-0.15, -0.1) is 0 Å². The summed E-state index contributed by atoms with van der Waals surface area (Å²) < 4.78 is 5.17. The van der Waals surface area contributed by atoms with E-state index in [4.69, 9.17) is 4.74 Å². The van der Waals surface area contributed by atoms with E-state index in [9.17, 15) is 4.79 Å². The van der Waals surface area contributed by atoms with Crippen LogP contribution < -0.4 is 10.1 Å². The molecule has 0 saturated heterocycles. The van der Waals surface area contributed by atoms with Gasteiger partial charge in [0.2, 0.25) is 5.91 Å². The Balaban J connectivity index is 0.00000192. The molecule has 4 nitrogen and oxygen atoms in total. The molecule has 1 heterocycles. The Morgan fingerprint density at radius 3 is 2.59 bits per heavy atom. The molecule has 0 spiro atoms. The zero-order valence-corrected chi connectivity index (χ0v) is 12.9. The van der Waals surface area contributed by atoms with Gasteiger partial charge in [-0.2, -0.15) is 0 Å². The average molecular weight is 298 g/mol. The Kier molecular flexibility index (Phi) is 3.84. The minimum absolute atomic E-state index is 0. The normalized spacial score (nSPS) is 15.2. The number of aryl methyl sites for hydroxylation is 1. The highest BCUT2D eigenvalue weighted by Crippen LogP contribution is 2.49. The van der Waals surface area contributed by atoms with Crippen molar-refractivity contribution in [3.05, 3.63) is 53.7 Å². The van der Waals surface area contributed by atoms with Gasteiger partial charge >= 0.3 is 0 Å². The minimum Gasteiger partial charge on any atom is -0.497 e. The molecule has 116 valence electrons. The van der Waals surface area contributed by atoms with Gasteiger partial charge in [-0.1, -0.05) is 25.1 Å². The monoisotopic (exact) mass is 298 g/mol. The van der Waals surface area contributed by atoms with Gasteiger partial charge in [-0.3, -0.25) is 4.79 Å². The number of benzene rings is 1. The summed E-state index contributed by atoms with van der Waals surface area (Å²) in [6.45, 7) is 2.05. The predicted molar refractivity (Wildman–Crippen MR) is 88.3 cm³/mol. The van der Waals surface area contributed by atoms with Crippen molar-refractivity contribution in [2.75, 3.05) is 12.4 Å². The van der Waals surface area contributed by atoms with E-state index in [0.717, 1.165) is 36.3 Å². The number of aromatic nitrogens is 1. The van der Waals surface area contributed by atoms with Crippen LogP contribution in [0.4, 0.5) is 5.82 Å². The molecule has 0 radical (unpaired) electrons. The van der Waals surface area contributed by atoms with Gasteiger partial charge in [-0.05, 0) is 49.1 Å². The van der Waals surface area contributed by atoms with Gasteiger partial charge in [0.05, 0.1) is 12.5 Å². The number of amides is 1. The zero-order chi connectivity index (χ0) is 15.6. The number of pyridine rings is 1. The topological polar surface area (TPSA) is 51.2 Å². The van der Waals surface area contributed by atoms with E-state index in [2.05, 4.69) is 10.3 Å². The van der Waals surface area contributed by atoms with Crippen molar-refractivity contribution >= 4 is 11.7 Å². The van der Waals surface area contributed by atoms with Crippen LogP contribution in [0, 0.1) is 0 Å². The SMILES string of the molecule is CCc1cccc(NC(=O)C2(c3ccc(OC)cc3)CC2)n1.[HH]. The fourth-order valence-electron chi connectivity index (χ4n) is 2.66.